The monoisotopic (exact) mass is 826 g/mol. The lowest BCUT2D eigenvalue weighted by Crippen LogP contribution is -2.46. The number of carbonyl (C=O) groups is 2. The maximum Gasteiger partial charge on any atom is 0.306 e. The number of aliphatic hydroxyl groups is 2. The van der Waals surface area contributed by atoms with Crippen molar-refractivity contribution in [3.05, 3.63) is 60.8 Å². The first-order valence-electron chi connectivity index (χ1n) is 25.1. The van der Waals surface area contributed by atoms with E-state index in [2.05, 4.69) is 86.8 Å². The molecule has 3 atom stereocenters. The second-order valence-electron chi connectivity index (χ2n) is 17.0. The van der Waals surface area contributed by atoms with E-state index in [1.54, 1.807) is 0 Å². The van der Waals surface area contributed by atoms with Gasteiger partial charge in [0.2, 0.25) is 5.91 Å². The highest BCUT2D eigenvalue weighted by molar-refractivity contribution is 5.77. The summed E-state index contributed by atoms with van der Waals surface area (Å²) in [6.07, 6.45) is 57.1. The van der Waals surface area contributed by atoms with Crippen LogP contribution in [-0.2, 0) is 14.3 Å². The molecule has 0 rings (SSSR count). The summed E-state index contributed by atoms with van der Waals surface area (Å²) in [4.78, 5) is 26.1. The molecule has 6 heteroatoms. The van der Waals surface area contributed by atoms with E-state index in [1.165, 1.54) is 109 Å². The molecule has 3 unspecified atom stereocenters. The van der Waals surface area contributed by atoms with Crippen LogP contribution >= 0.6 is 0 Å². The molecule has 0 heterocycles. The largest absolute Gasteiger partial charge is 0.462 e. The summed E-state index contributed by atoms with van der Waals surface area (Å²) in [5.74, 6) is -0.530. The van der Waals surface area contributed by atoms with E-state index >= 15 is 0 Å². The second-order valence-corrected chi connectivity index (χ2v) is 17.0. The van der Waals surface area contributed by atoms with Gasteiger partial charge in [-0.25, -0.2) is 0 Å². The number of aliphatic hydroxyl groups excluding tert-OH is 2. The average Bonchev–Trinajstić information content (AvgIpc) is 3.23. The topological polar surface area (TPSA) is 95.9 Å². The number of amides is 1. The standard InChI is InChI=1S/C53H95NO5/c1-4-7-10-13-16-19-22-24-25-26-27-28-29-31-34-37-40-43-46-53(58)59-49(44-41-38-35-32-30-23-20-17-14-11-8-5-2)47-52(57)54-50(48-55)51(56)45-42-39-36-33-21-18-15-12-9-6-3/h16,19,22,24-28,32,35,49-51,55-56H,4-15,17-18,20-21,23,29-31,33-34,36-48H2,1-3H3,(H,54,57)/b19-16+,24-22+,26-25+,28-27+,35-32-. The number of hydrogen-bond acceptors (Lipinski definition) is 5. The fourth-order valence-electron chi connectivity index (χ4n) is 7.32. The van der Waals surface area contributed by atoms with Crippen molar-refractivity contribution in [1.82, 2.24) is 5.32 Å². The van der Waals surface area contributed by atoms with Crippen molar-refractivity contribution in [3.8, 4) is 0 Å². The van der Waals surface area contributed by atoms with Gasteiger partial charge in [-0.3, -0.25) is 9.59 Å². The summed E-state index contributed by atoms with van der Waals surface area (Å²) < 4.78 is 5.90. The van der Waals surface area contributed by atoms with Crippen molar-refractivity contribution in [3.63, 3.8) is 0 Å². The van der Waals surface area contributed by atoms with Crippen LogP contribution in [-0.4, -0.2) is 46.9 Å². The molecule has 0 aliphatic rings. The number of esters is 1. The van der Waals surface area contributed by atoms with Crippen LogP contribution in [0.2, 0.25) is 0 Å². The summed E-state index contributed by atoms with van der Waals surface area (Å²) in [5.41, 5.74) is 0. The van der Waals surface area contributed by atoms with Crippen LogP contribution in [0.25, 0.3) is 0 Å². The summed E-state index contributed by atoms with van der Waals surface area (Å²) >= 11 is 0. The minimum atomic E-state index is -0.798. The molecule has 0 fully saturated rings. The Morgan fingerprint density at radius 3 is 1.42 bits per heavy atom. The number of carbonyl (C=O) groups excluding carboxylic acids is 2. The SMILES string of the molecule is CCCCC/C=C/C=C/C=C/C=C/CCCCCCCC(=O)OC(CCC/C=C\CCCCCCCCC)CC(=O)NC(CO)C(O)CCCCCCCCCCCC. The molecule has 342 valence electrons. The fourth-order valence-corrected chi connectivity index (χ4v) is 7.32. The number of nitrogens with one attached hydrogen (secondary N) is 1. The molecule has 0 saturated heterocycles. The van der Waals surface area contributed by atoms with E-state index in [-0.39, 0.29) is 24.9 Å². The van der Waals surface area contributed by atoms with Crippen LogP contribution in [0.3, 0.4) is 0 Å². The van der Waals surface area contributed by atoms with Gasteiger partial charge in [0.15, 0.2) is 0 Å². The Hall–Kier alpha value is -2.44. The smallest absolute Gasteiger partial charge is 0.306 e. The zero-order valence-corrected chi connectivity index (χ0v) is 38.9. The van der Waals surface area contributed by atoms with E-state index in [4.69, 9.17) is 4.74 Å². The Balaban J connectivity index is 4.64. The predicted octanol–water partition coefficient (Wildman–Crippen LogP) is 14.8. The Morgan fingerprint density at radius 2 is 0.898 bits per heavy atom. The van der Waals surface area contributed by atoms with Crippen molar-refractivity contribution in [1.29, 1.82) is 0 Å². The van der Waals surface area contributed by atoms with Gasteiger partial charge in [0.1, 0.15) is 6.10 Å². The van der Waals surface area contributed by atoms with Crippen molar-refractivity contribution in [2.75, 3.05) is 6.61 Å². The highest BCUT2D eigenvalue weighted by atomic mass is 16.5. The van der Waals surface area contributed by atoms with Gasteiger partial charge < -0.3 is 20.3 Å². The Bertz CT molecular complexity index is 1060. The van der Waals surface area contributed by atoms with Crippen LogP contribution < -0.4 is 5.32 Å². The van der Waals surface area contributed by atoms with Crippen LogP contribution in [0.1, 0.15) is 239 Å². The van der Waals surface area contributed by atoms with E-state index in [0.29, 0.717) is 19.3 Å². The van der Waals surface area contributed by atoms with E-state index in [9.17, 15) is 19.8 Å². The zero-order valence-electron chi connectivity index (χ0n) is 38.9. The number of allylic oxidation sites excluding steroid dienone is 10. The van der Waals surface area contributed by atoms with Crippen molar-refractivity contribution in [2.24, 2.45) is 0 Å². The molecule has 0 spiro atoms. The van der Waals surface area contributed by atoms with E-state index in [1.807, 2.05) is 0 Å². The van der Waals surface area contributed by atoms with Crippen molar-refractivity contribution in [2.45, 2.75) is 257 Å². The number of rotatable bonds is 44. The minimum Gasteiger partial charge on any atom is -0.462 e. The van der Waals surface area contributed by atoms with Gasteiger partial charge in [-0.05, 0) is 70.6 Å². The second kappa shape index (κ2) is 46.6. The highest BCUT2D eigenvalue weighted by Gasteiger charge is 2.24. The van der Waals surface area contributed by atoms with E-state index in [0.717, 1.165) is 83.5 Å². The van der Waals surface area contributed by atoms with Gasteiger partial charge in [-0.15, -0.1) is 0 Å². The normalized spacial score (nSPS) is 13.8. The average molecular weight is 826 g/mol. The Labute approximate surface area is 365 Å². The zero-order chi connectivity index (χ0) is 43.1. The number of unbranched alkanes of at least 4 members (excludes halogenated alkanes) is 25. The molecule has 59 heavy (non-hydrogen) atoms. The molecular formula is C53H95NO5. The molecule has 0 saturated carbocycles. The lowest BCUT2D eigenvalue weighted by molar-refractivity contribution is -0.151. The summed E-state index contributed by atoms with van der Waals surface area (Å²) in [7, 11) is 0. The summed E-state index contributed by atoms with van der Waals surface area (Å²) in [5, 5.41) is 23.7. The maximum atomic E-state index is 13.2. The molecule has 6 nitrogen and oxygen atoms in total. The van der Waals surface area contributed by atoms with Crippen LogP contribution in [0.5, 0.6) is 0 Å². The molecule has 0 bridgehead atoms. The highest BCUT2D eigenvalue weighted by Crippen LogP contribution is 2.17. The van der Waals surface area contributed by atoms with Gasteiger partial charge in [0.05, 0.1) is 25.2 Å². The lowest BCUT2D eigenvalue weighted by atomic mass is 10.0. The quantitative estimate of drug-likeness (QED) is 0.0246. The predicted molar refractivity (Wildman–Crippen MR) is 255 cm³/mol. The summed E-state index contributed by atoms with van der Waals surface area (Å²) in [6.45, 7) is 6.41. The van der Waals surface area contributed by atoms with Crippen LogP contribution in [0.15, 0.2) is 60.8 Å². The number of ether oxygens (including phenoxy) is 1. The Morgan fingerprint density at radius 1 is 0.492 bits per heavy atom. The van der Waals surface area contributed by atoms with E-state index < -0.39 is 18.2 Å². The molecular weight excluding hydrogens is 731 g/mol. The third kappa shape index (κ3) is 42.1. The van der Waals surface area contributed by atoms with Crippen molar-refractivity contribution >= 4 is 11.9 Å². The molecule has 0 aromatic carbocycles. The third-order valence-electron chi connectivity index (χ3n) is 11.2. The molecule has 0 radical (unpaired) electrons. The number of hydrogen-bond donors (Lipinski definition) is 3. The molecule has 0 aliphatic carbocycles. The molecule has 1 amide bonds. The first-order valence-corrected chi connectivity index (χ1v) is 25.1. The van der Waals surface area contributed by atoms with Gasteiger partial charge >= 0.3 is 5.97 Å². The molecule has 3 N–H and O–H groups in total. The van der Waals surface area contributed by atoms with Gasteiger partial charge in [-0.1, -0.05) is 216 Å². The molecule has 0 aliphatic heterocycles. The first-order chi connectivity index (χ1) is 29.0. The Kier molecular flexibility index (Phi) is 44.7. The molecule has 0 aromatic heterocycles. The van der Waals surface area contributed by atoms with Gasteiger partial charge in [-0.2, -0.15) is 0 Å². The van der Waals surface area contributed by atoms with Gasteiger partial charge in [0.25, 0.3) is 0 Å². The van der Waals surface area contributed by atoms with Crippen LogP contribution in [0, 0.1) is 0 Å². The van der Waals surface area contributed by atoms with Gasteiger partial charge in [0, 0.05) is 6.42 Å². The molecule has 0 aromatic rings. The first kappa shape index (κ1) is 56.6. The summed E-state index contributed by atoms with van der Waals surface area (Å²) in [6, 6.07) is -0.714. The minimum absolute atomic E-state index is 0.0458. The van der Waals surface area contributed by atoms with Crippen molar-refractivity contribution < 1.29 is 24.5 Å². The fraction of sp³-hybridized carbons (Fsp3) is 0.774. The van der Waals surface area contributed by atoms with Crippen LogP contribution in [0.4, 0.5) is 0 Å². The third-order valence-corrected chi connectivity index (χ3v) is 11.2. The maximum absolute atomic E-state index is 13.2. The lowest BCUT2D eigenvalue weighted by Gasteiger charge is -2.24.